The largest absolute Gasteiger partial charge is 0.314 e. The predicted octanol–water partition coefficient (Wildman–Crippen LogP) is 0.502. The topological polar surface area (TPSA) is 71.1 Å². The smallest absolute Gasteiger partial charge is 0.242 e. The molecule has 0 radical (unpaired) electrons. The molecule has 2 heterocycles. The van der Waals surface area contributed by atoms with Gasteiger partial charge in [0.2, 0.25) is 10.0 Å². The number of rotatable bonds is 5. The summed E-state index contributed by atoms with van der Waals surface area (Å²) in [5.74, 6) is 0. The summed E-state index contributed by atoms with van der Waals surface area (Å²) in [6.07, 6.45) is 6.06. The molecule has 2 rings (SSSR count). The third-order valence-corrected chi connectivity index (χ3v) is 4.34. The highest BCUT2D eigenvalue weighted by molar-refractivity contribution is 7.89. The normalized spacial score (nSPS) is 20.6. The molecule has 1 aliphatic heterocycles. The average Bonchev–Trinajstić information content (AvgIpc) is 2.83. The second-order valence-corrected chi connectivity index (χ2v) is 5.94. The van der Waals surface area contributed by atoms with E-state index in [1.807, 2.05) is 0 Å². The van der Waals surface area contributed by atoms with Crippen molar-refractivity contribution in [1.29, 1.82) is 0 Å². The molecule has 6 heteroatoms. The van der Waals surface area contributed by atoms with Gasteiger partial charge in [-0.05, 0) is 37.9 Å². The van der Waals surface area contributed by atoms with Crippen molar-refractivity contribution < 1.29 is 8.42 Å². The maximum absolute atomic E-state index is 11.8. The van der Waals surface area contributed by atoms with E-state index in [9.17, 15) is 8.42 Å². The molecule has 5 nitrogen and oxygen atoms in total. The maximum Gasteiger partial charge on any atom is 0.242 e. The molecule has 0 bridgehead atoms. The summed E-state index contributed by atoms with van der Waals surface area (Å²) < 4.78 is 26.3. The van der Waals surface area contributed by atoms with Crippen LogP contribution in [0.1, 0.15) is 19.3 Å². The Kier molecular flexibility index (Phi) is 4.09. The molecule has 0 aliphatic carbocycles. The molecule has 1 aromatic heterocycles. The van der Waals surface area contributed by atoms with Gasteiger partial charge in [-0.1, -0.05) is 0 Å². The van der Waals surface area contributed by atoms with E-state index in [0.717, 1.165) is 19.4 Å². The molecule has 1 saturated heterocycles. The second-order valence-electron chi connectivity index (χ2n) is 4.17. The van der Waals surface area contributed by atoms with Crippen LogP contribution in [0.25, 0.3) is 0 Å². The molecule has 17 heavy (non-hydrogen) atoms. The number of pyridine rings is 1. The van der Waals surface area contributed by atoms with E-state index in [-0.39, 0.29) is 4.90 Å². The number of hydrogen-bond donors (Lipinski definition) is 2. The van der Waals surface area contributed by atoms with Gasteiger partial charge in [-0.3, -0.25) is 4.98 Å². The number of nitrogens with zero attached hydrogens (tertiary/aromatic N) is 1. The van der Waals surface area contributed by atoms with Gasteiger partial charge in [0.05, 0.1) is 0 Å². The van der Waals surface area contributed by atoms with Crippen molar-refractivity contribution in [2.24, 2.45) is 0 Å². The summed E-state index contributed by atoms with van der Waals surface area (Å²) in [7, 11) is -3.39. The Morgan fingerprint density at radius 1 is 1.53 bits per heavy atom. The van der Waals surface area contributed by atoms with Crippen molar-refractivity contribution in [1.82, 2.24) is 15.0 Å². The lowest BCUT2D eigenvalue weighted by atomic mass is 10.2. The minimum Gasteiger partial charge on any atom is -0.314 e. The number of sulfonamides is 1. The quantitative estimate of drug-likeness (QED) is 0.804. The molecule has 1 fully saturated rings. The van der Waals surface area contributed by atoms with E-state index in [1.54, 1.807) is 18.3 Å². The molecular formula is C11H17N3O2S. The molecule has 0 saturated carbocycles. The molecule has 94 valence electrons. The third kappa shape index (κ3) is 3.49. The molecule has 1 atom stereocenters. The van der Waals surface area contributed by atoms with Crippen LogP contribution in [0, 0.1) is 0 Å². The molecule has 0 unspecified atom stereocenters. The van der Waals surface area contributed by atoms with E-state index in [1.165, 1.54) is 12.6 Å². The first-order chi connectivity index (χ1) is 8.18. The van der Waals surface area contributed by atoms with Gasteiger partial charge in [-0.15, -0.1) is 0 Å². The van der Waals surface area contributed by atoms with Crippen molar-refractivity contribution >= 4 is 10.0 Å². The van der Waals surface area contributed by atoms with Gasteiger partial charge in [0.25, 0.3) is 0 Å². The van der Waals surface area contributed by atoms with E-state index < -0.39 is 10.0 Å². The fourth-order valence-corrected chi connectivity index (χ4v) is 2.97. The molecule has 1 aromatic rings. The molecule has 0 spiro atoms. The van der Waals surface area contributed by atoms with E-state index in [0.29, 0.717) is 12.6 Å². The monoisotopic (exact) mass is 255 g/mol. The van der Waals surface area contributed by atoms with Crippen LogP contribution < -0.4 is 10.0 Å². The lowest BCUT2D eigenvalue weighted by molar-refractivity contribution is 0.539. The lowest BCUT2D eigenvalue weighted by Gasteiger charge is -2.10. The molecule has 0 amide bonds. The van der Waals surface area contributed by atoms with Gasteiger partial charge in [-0.2, -0.15) is 0 Å². The van der Waals surface area contributed by atoms with Crippen molar-refractivity contribution in [3.05, 3.63) is 24.5 Å². The Morgan fingerprint density at radius 2 is 2.41 bits per heavy atom. The molecule has 0 aromatic carbocycles. The van der Waals surface area contributed by atoms with Crippen LogP contribution in [0.2, 0.25) is 0 Å². The highest BCUT2D eigenvalue weighted by Crippen LogP contribution is 2.09. The summed E-state index contributed by atoms with van der Waals surface area (Å²) in [4.78, 5) is 4.03. The predicted molar refractivity (Wildman–Crippen MR) is 65.1 cm³/mol. The maximum atomic E-state index is 11.8. The molecular weight excluding hydrogens is 238 g/mol. The standard InChI is InChI=1S/C11H17N3O2S/c15-17(16,11-4-2-6-12-9-11)14-8-5-10-3-1-7-13-10/h2,4,6,9-10,13-14H,1,3,5,7-8H2/t10-/m0/s1. The fraction of sp³-hybridized carbons (Fsp3) is 0.545. The SMILES string of the molecule is O=S(=O)(NCC[C@@H]1CCCN1)c1cccnc1. The van der Waals surface area contributed by atoms with Gasteiger partial charge in [0.1, 0.15) is 4.90 Å². The average molecular weight is 255 g/mol. The first-order valence-corrected chi connectivity index (χ1v) is 7.30. The van der Waals surface area contributed by atoms with Crippen LogP contribution in [0.5, 0.6) is 0 Å². The highest BCUT2D eigenvalue weighted by atomic mass is 32.2. The van der Waals surface area contributed by atoms with Gasteiger partial charge in [0, 0.05) is 25.0 Å². The Morgan fingerprint density at radius 3 is 3.06 bits per heavy atom. The lowest BCUT2D eigenvalue weighted by Crippen LogP contribution is -2.30. The van der Waals surface area contributed by atoms with E-state index in [4.69, 9.17) is 0 Å². The van der Waals surface area contributed by atoms with Crippen LogP contribution in [0.3, 0.4) is 0 Å². The number of hydrogen-bond acceptors (Lipinski definition) is 4. The molecule has 1 aliphatic rings. The zero-order valence-electron chi connectivity index (χ0n) is 9.59. The number of aromatic nitrogens is 1. The third-order valence-electron chi connectivity index (χ3n) is 2.89. The zero-order chi connectivity index (χ0) is 12.1. The van der Waals surface area contributed by atoms with Gasteiger partial charge in [0.15, 0.2) is 0 Å². The Hall–Kier alpha value is -0.980. The Balaban J connectivity index is 1.85. The van der Waals surface area contributed by atoms with Crippen molar-refractivity contribution in [3.63, 3.8) is 0 Å². The van der Waals surface area contributed by atoms with Gasteiger partial charge >= 0.3 is 0 Å². The zero-order valence-corrected chi connectivity index (χ0v) is 10.4. The summed E-state index contributed by atoms with van der Waals surface area (Å²) in [6.45, 7) is 1.51. The second kappa shape index (κ2) is 5.57. The van der Waals surface area contributed by atoms with Crippen LogP contribution in [0.4, 0.5) is 0 Å². The molecule has 2 N–H and O–H groups in total. The van der Waals surface area contributed by atoms with E-state index in [2.05, 4.69) is 15.0 Å². The van der Waals surface area contributed by atoms with E-state index >= 15 is 0 Å². The van der Waals surface area contributed by atoms with Gasteiger partial charge in [-0.25, -0.2) is 13.1 Å². The Labute approximate surface area is 102 Å². The summed E-state index contributed by atoms with van der Waals surface area (Å²) >= 11 is 0. The Bertz CT molecular complexity index is 441. The highest BCUT2D eigenvalue weighted by Gasteiger charge is 2.16. The summed E-state index contributed by atoms with van der Waals surface area (Å²) in [5, 5.41) is 3.34. The summed E-state index contributed by atoms with van der Waals surface area (Å²) in [6, 6.07) is 3.61. The van der Waals surface area contributed by atoms with Crippen molar-refractivity contribution in [3.8, 4) is 0 Å². The first kappa shape index (κ1) is 12.5. The minimum absolute atomic E-state index is 0.222. The van der Waals surface area contributed by atoms with Crippen LogP contribution >= 0.6 is 0 Å². The number of nitrogens with one attached hydrogen (secondary N) is 2. The van der Waals surface area contributed by atoms with Crippen LogP contribution in [0.15, 0.2) is 29.4 Å². The first-order valence-electron chi connectivity index (χ1n) is 5.81. The van der Waals surface area contributed by atoms with Crippen molar-refractivity contribution in [2.75, 3.05) is 13.1 Å². The van der Waals surface area contributed by atoms with Gasteiger partial charge < -0.3 is 5.32 Å². The minimum atomic E-state index is -3.39. The van der Waals surface area contributed by atoms with Crippen LogP contribution in [-0.4, -0.2) is 32.5 Å². The summed E-state index contributed by atoms with van der Waals surface area (Å²) in [5.41, 5.74) is 0. The van der Waals surface area contributed by atoms with Crippen molar-refractivity contribution in [2.45, 2.75) is 30.2 Å². The van der Waals surface area contributed by atoms with Crippen LogP contribution in [-0.2, 0) is 10.0 Å². The fourth-order valence-electron chi connectivity index (χ4n) is 1.96.